The first-order chi connectivity index (χ1) is 9.22. The third kappa shape index (κ3) is 3.21. The standard InChI is InChI=1S/C13H12N4O2/c14-7-10-2-1-3-11(6-10)16-13(18)17-4-5-19-12(8-15)9-17/h1-3,6,12H,4-5,9H2,(H,16,18). The molecule has 0 spiro atoms. The number of ether oxygens (including phenoxy) is 1. The molecule has 2 rings (SSSR count). The second kappa shape index (κ2) is 5.85. The lowest BCUT2D eigenvalue weighted by Crippen LogP contribution is -2.46. The normalized spacial score (nSPS) is 18.2. The molecule has 1 aliphatic rings. The zero-order valence-corrected chi connectivity index (χ0v) is 10.2. The Morgan fingerprint density at radius 2 is 2.32 bits per heavy atom. The first-order valence-electron chi connectivity index (χ1n) is 5.80. The SMILES string of the molecule is N#Cc1cccc(NC(=O)N2CCOC(C#N)C2)c1. The average Bonchev–Trinajstić information content (AvgIpc) is 2.47. The summed E-state index contributed by atoms with van der Waals surface area (Å²) in [6, 6.07) is 10.4. The van der Waals surface area contributed by atoms with E-state index in [0.29, 0.717) is 24.4 Å². The van der Waals surface area contributed by atoms with Crippen LogP contribution < -0.4 is 5.32 Å². The zero-order chi connectivity index (χ0) is 13.7. The third-order valence-electron chi connectivity index (χ3n) is 2.74. The second-order valence-corrected chi connectivity index (χ2v) is 4.06. The number of nitrogens with one attached hydrogen (secondary N) is 1. The highest BCUT2D eigenvalue weighted by Gasteiger charge is 2.23. The van der Waals surface area contributed by atoms with E-state index in [9.17, 15) is 4.79 Å². The Bertz CT molecular complexity index is 558. The largest absolute Gasteiger partial charge is 0.360 e. The van der Waals surface area contributed by atoms with Gasteiger partial charge < -0.3 is 15.0 Å². The van der Waals surface area contributed by atoms with E-state index in [2.05, 4.69) is 5.32 Å². The number of amides is 2. The van der Waals surface area contributed by atoms with Gasteiger partial charge in [0.05, 0.1) is 30.9 Å². The van der Waals surface area contributed by atoms with Crippen molar-refractivity contribution in [3.63, 3.8) is 0 Å². The summed E-state index contributed by atoms with van der Waals surface area (Å²) in [6.45, 7) is 1.05. The van der Waals surface area contributed by atoms with Crippen molar-refractivity contribution in [2.75, 3.05) is 25.0 Å². The predicted octanol–water partition coefficient (Wildman–Crippen LogP) is 1.31. The molecule has 1 unspecified atom stereocenters. The van der Waals surface area contributed by atoms with Gasteiger partial charge in [-0.2, -0.15) is 10.5 Å². The molecular weight excluding hydrogens is 244 g/mol. The Hall–Kier alpha value is -2.57. The van der Waals surface area contributed by atoms with E-state index < -0.39 is 6.10 Å². The molecule has 19 heavy (non-hydrogen) atoms. The summed E-state index contributed by atoms with van der Waals surface area (Å²) in [7, 11) is 0. The fraction of sp³-hybridized carbons (Fsp3) is 0.308. The van der Waals surface area contributed by atoms with Gasteiger partial charge in [0.2, 0.25) is 0 Å². The molecule has 1 aromatic carbocycles. The molecule has 0 aliphatic carbocycles. The molecule has 0 aromatic heterocycles. The smallest absolute Gasteiger partial charge is 0.322 e. The molecule has 0 radical (unpaired) electrons. The molecular formula is C13H12N4O2. The Morgan fingerprint density at radius 1 is 1.47 bits per heavy atom. The zero-order valence-electron chi connectivity index (χ0n) is 10.2. The van der Waals surface area contributed by atoms with E-state index in [1.54, 1.807) is 24.3 Å². The fourth-order valence-corrected chi connectivity index (χ4v) is 1.78. The second-order valence-electron chi connectivity index (χ2n) is 4.06. The molecule has 6 nitrogen and oxygen atoms in total. The Labute approximate surface area is 110 Å². The highest BCUT2D eigenvalue weighted by atomic mass is 16.5. The van der Waals surface area contributed by atoms with Crippen molar-refractivity contribution in [3.8, 4) is 12.1 Å². The molecule has 1 atom stereocenters. The fourth-order valence-electron chi connectivity index (χ4n) is 1.78. The highest BCUT2D eigenvalue weighted by molar-refractivity contribution is 5.89. The summed E-state index contributed by atoms with van der Waals surface area (Å²) in [6.07, 6.45) is -0.579. The average molecular weight is 256 g/mol. The number of rotatable bonds is 1. The summed E-state index contributed by atoms with van der Waals surface area (Å²) in [5.74, 6) is 0. The lowest BCUT2D eigenvalue weighted by molar-refractivity contribution is 0.0181. The number of morpholine rings is 1. The molecule has 1 heterocycles. The van der Waals surface area contributed by atoms with E-state index in [4.69, 9.17) is 15.3 Å². The molecule has 1 saturated heterocycles. The van der Waals surface area contributed by atoms with Gasteiger partial charge in [0.25, 0.3) is 0 Å². The van der Waals surface area contributed by atoms with Crippen LogP contribution in [0, 0.1) is 22.7 Å². The summed E-state index contributed by atoms with van der Waals surface area (Å²) < 4.78 is 5.17. The quantitative estimate of drug-likeness (QED) is 0.820. The van der Waals surface area contributed by atoms with Crippen molar-refractivity contribution in [2.24, 2.45) is 0 Å². The van der Waals surface area contributed by atoms with Gasteiger partial charge in [0, 0.05) is 12.2 Å². The van der Waals surface area contributed by atoms with Crippen molar-refractivity contribution < 1.29 is 9.53 Å². The van der Waals surface area contributed by atoms with E-state index in [0.717, 1.165) is 0 Å². The minimum atomic E-state index is -0.579. The molecule has 0 saturated carbocycles. The van der Waals surface area contributed by atoms with E-state index in [1.165, 1.54) is 4.90 Å². The van der Waals surface area contributed by atoms with Crippen LogP contribution in [0.4, 0.5) is 10.5 Å². The molecule has 96 valence electrons. The van der Waals surface area contributed by atoms with Crippen LogP contribution in [-0.2, 0) is 4.74 Å². The first-order valence-corrected chi connectivity index (χ1v) is 5.80. The summed E-state index contributed by atoms with van der Waals surface area (Å²) >= 11 is 0. The van der Waals surface area contributed by atoms with Crippen LogP contribution in [0.2, 0.25) is 0 Å². The minimum absolute atomic E-state index is 0.250. The van der Waals surface area contributed by atoms with Crippen LogP contribution in [0.5, 0.6) is 0 Å². The predicted molar refractivity (Wildman–Crippen MR) is 67.1 cm³/mol. The number of urea groups is 1. The number of nitriles is 2. The molecule has 0 bridgehead atoms. The van der Waals surface area contributed by atoms with Crippen molar-refractivity contribution in [2.45, 2.75) is 6.10 Å². The maximum Gasteiger partial charge on any atom is 0.322 e. The monoisotopic (exact) mass is 256 g/mol. The van der Waals surface area contributed by atoms with Gasteiger partial charge >= 0.3 is 6.03 Å². The van der Waals surface area contributed by atoms with Crippen LogP contribution in [0.3, 0.4) is 0 Å². The molecule has 1 fully saturated rings. The molecule has 1 aliphatic heterocycles. The van der Waals surface area contributed by atoms with E-state index in [-0.39, 0.29) is 12.6 Å². The summed E-state index contributed by atoms with van der Waals surface area (Å²) in [4.78, 5) is 13.5. The number of hydrogen-bond donors (Lipinski definition) is 1. The highest BCUT2D eigenvalue weighted by Crippen LogP contribution is 2.12. The number of anilines is 1. The van der Waals surface area contributed by atoms with Crippen LogP contribution in [0.1, 0.15) is 5.56 Å². The maximum absolute atomic E-state index is 12.0. The molecule has 1 N–H and O–H groups in total. The van der Waals surface area contributed by atoms with Gasteiger partial charge in [0.1, 0.15) is 0 Å². The topological polar surface area (TPSA) is 89.2 Å². The lowest BCUT2D eigenvalue weighted by atomic mass is 10.2. The Kier molecular flexibility index (Phi) is 3.97. The molecule has 6 heteroatoms. The number of carbonyl (C=O) groups is 1. The summed E-state index contributed by atoms with van der Waals surface area (Å²) in [5.41, 5.74) is 1.04. The van der Waals surface area contributed by atoms with Gasteiger partial charge in [-0.05, 0) is 18.2 Å². The van der Waals surface area contributed by atoms with E-state index >= 15 is 0 Å². The van der Waals surface area contributed by atoms with Gasteiger partial charge in [-0.3, -0.25) is 0 Å². The van der Waals surface area contributed by atoms with Gasteiger partial charge in [-0.1, -0.05) is 6.07 Å². The van der Waals surface area contributed by atoms with Crippen LogP contribution in [0.15, 0.2) is 24.3 Å². The molecule has 1 aromatic rings. The summed E-state index contributed by atoms with van der Waals surface area (Å²) in [5, 5.41) is 20.3. The number of carbonyl (C=O) groups excluding carboxylic acids is 1. The lowest BCUT2D eigenvalue weighted by Gasteiger charge is -2.29. The van der Waals surface area contributed by atoms with Gasteiger partial charge in [-0.15, -0.1) is 0 Å². The van der Waals surface area contributed by atoms with Crippen molar-refractivity contribution in [3.05, 3.63) is 29.8 Å². The Balaban J connectivity index is 2.01. The first kappa shape index (κ1) is 12.9. The van der Waals surface area contributed by atoms with Crippen molar-refractivity contribution >= 4 is 11.7 Å². The number of hydrogen-bond acceptors (Lipinski definition) is 4. The maximum atomic E-state index is 12.0. The Morgan fingerprint density at radius 3 is 3.05 bits per heavy atom. The number of benzene rings is 1. The van der Waals surface area contributed by atoms with Crippen molar-refractivity contribution in [1.82, 2.24) is 4.90 Å². The van der Waals surface area contributed by atoms with Crippen molar-refractivity contribution in [1.29, 1.82) is 10.5 Å². The number of nitrogens with zero attached hydrogens (tertiary/aromatic N) is 3. The van der Waals surface area contributed by atoms with Gasteiger partial charge in [-0.25, -0.2) is 4.79 Å². The minimum Gasteiger partial charge on any atom is -0.360 e. The van der Waals surface area contributed by atoms with Crippen LogP contribution in [-0.4, -0.2) is 36.7 Å². The van der Waals surface area contributed by atoms with Crippen LogP contribution >= 0.6 is 0 Å². The van der Waals surface area contributed by atoms with Gasteiger partial charge in [0.15, 0.2) is 6.10 Å². The molecule has 2 amide bonds. The van der Waals surface area contributed by atoms with Crippen LogP contribution in [0.25, 0.3) is 0 Å². The van der Waals surface area contributed by atoms with E-state index in [1.807, 2.05) is 12.1 Å². The third-order valence-corrected chi connectivity index (χ3v) is 2.74.